The van der Waals surface area contributed by atoms with Crippen molar-refractivity contribution in [3.8, 4) is 0 Å². The van der Waals surface area contributed by atoms with Crippen molar-refractivity contribution >= 4 is 27.0 Å². The van der Waals surface area contributed by atoms with Crippen LogP contribution in [0.25, 0.3) is 11.1 Å². The van der Waals surface area contributed by atoms with E-state index in [1.54, 1.807) is 7.05 Å². The largest absolute Gasteiger partial charge is 0.419 e. The van der Waals surface area contributed by atoms with Crippen molar-refractivity contribution in [3.05, 3.63) is 34.3 Å². The molecule has 1 heterocycles. The highest BCUT2D eigenvalue weighted by molar-refractivity contribution is 9.09. The number of fused-ring (bicyclic) bond motifs is 1. The zero-order valence-corrected chi connectivity index (χ0v) is 13.1. The Morgan fingerprint density at radius 3 is 2.84 bits per heavy atom. The Kier molecular flexibility index (Phi) is 4.86. The van der Waals surface area contributed by atoms with Gasteiger partial charge in [-0.3, -0.25) is 4.57 Å². The first-order valence-corrected chi connectivity index (χ1v) is 7.78. The number of alkyl halides is 1. The van der Waals surface area contributed by atoms with Crippen molar-refractivity contribution in [2.24, 2.45) is 7.05 Å². The van der Waals surface area contributed by atoms with E-state index in [-0.39, 0.29) is 5.76 Å². The molecule has 0 amide bonds. The number of aryl methyl sites for hydroxylation is 1. The van der Waals surface area contributed by atoms with E-state index in [1.165, 1.54) is 35.8 Å². The number of halogens is 1. The predicted octanol–water partition coefficient (Wildman–Crippen LogP) is 4.54. The van der Waals surface area contributed by atoms with Gasteiger partial charge in [0.15, 0.2) is 5.58 Å². The molecule has 0 saturated heterocycles. The van der Waals surface area contributed by atoms with E-state index in [0.29, 0.717) is 10.4 Å². The van der Waals surface area contributed by atoms with Crippen molar-refractivity contribution in [3.63, 3.8) is 0 Å². The summed E-state index contributed by atoms with van der Waals surface area (Å²) in [6.45, 7) is 2.22. The zero-order valence-electron chi connectivity index (χ0n) is 11.5. The Balaban J connectivity index is 2.10. The normalized spacial score (nSPS) is 13.0. The number of hydrogen-bond acceptors (Lipinski definition) is 2. The Morgan fingerprint density at radius 1 is 1.32 bits per heavy atom. The molecule has 1 atom stereocenters. The van der Waals surface area contributed by atoms with Gasteiger partial charge in [0, 0.05) is 11.9 Å². The molecule has 0 aliphatic carbocycles. The zero-order chi connectivity index (χ0) is 13.8. The van der Waals surface area contributed by atoms with Crippen molar-refractivity contribution in [1.82, 2.24) is 4.57 Å². The van der Waals surface area contributed by atoms with Crippen molar-refractivity contribution in [2.75, 3.05) is 0 Å². The van der Waals surface area contributed by atoms with E-state index in [1.807, 2.05) is 12.1 Å². The van der Waals surface area contributed by atoms with Crippen LogP contribution in [0.3, 0.4) is 0 Å². The average Bonchev–Trinajstić information content (AvgIpc) is 2.69. The van der Waals surface area contributed by atoms with Crippen LogP contribution in [-0.4, -0.2) is 4.57 Å². The summed E-state index contributed by atoms with van der Waals surface area (Å²) < 4.78 is 6.75. The molecule has 104 valence electrons. The van der Waals surface area contributed by atoms with Crippen LogP contribution >= 0.6 is 15.9 Å². The van der Waals surface area contributed by atoms with Gasteiger partial charge in [0.2, 0.25) is 0 Å². The molecular weight excluding hydrogens is 306 g/mol. The molecule has 0 bridgehead atoms. The van der Waals surface area contributed by atoms with Crippen LogP contribution in [-0.2, 0) is 7.05 Å². The van der Waals surface area contributed by atoms with Gasteiger partial charge in [0.05, 0.1) is 5.52 Å². The second kappa shape index (κ2) is 6.42. The van der Waals surface area contributed by atoms with Crippen LogP contribution < -0.4 is 5.76 Å². The lowest BCUT2D eigenvalue weighted by Crippen LogP contribution is -2.08. The van der Waals surface area contributed by atoms with E-state index in [2.05, 4.69) is 28.9 Å². The minimum atomic E-state index is -0.304. The topological polar surface area (TPSA) is 35.1 Å². The minimum Gasteiger partial charge on any atom is -0.408 e. The maximum Gasteiger partial charge on any atom is 0.419 e. The van der Waals surface area contributed by atoms with E-state index < -0.39 is 0 Å². The van der Waals surface area contributed by atoms with E-state index in [4.69, 9.17) is 4.42 Å². The lowest BCUT2D eigenvalue weighted by Gasteiger charge is -2.09. The number of unbranched alkanes of at least 4 members (excludes halogenated alkanes) is 3. The van der Waals surface area contributed by atoms with Gasteiger partial charge in [0.25, 0.3) is 0 Å². The molecule has 1 aromatic carbocycles. The highest BCUT2D eigenvalue weighted by atomic mass is 79.9. The fourth-order valence-electron chi connectivity index (χ4n) is 2.26. The third-order valence-corrected chi connectivity index (χ3v) is 4.48. The number of benzene rings is 1. The van der Waals surface area contributed by atoms with Gasteiger partial charge in [-0.2, -0.15) is 0 Å². The van der Waals surface area contributed by atoms with Crippen LogP contribution in [0.2, 0.25) is 0 Å². The van der Waals surface area contributed by atoms with Gasteiger partial charge >= 0.3 is 5.76 Å². The molecule has 0 spiro atoms. The van der Waals surface area contributed by atoms with Gasteiger partial charge in [0.1, 0.15) is 0 Å². The number of aromatic nitrogens is 1. The maximum atomic E-state index is 11.4. The second-order valence-electron chi connectivity index (χ2n) is 4.97. The van der Waals surface area contributed by atoms with E-state index >= 15 is 0 Å². The average molecular weight is 326 g/mol. The lowest BCUT2D eigenvalue weighted by atomic mass is 10.1. The van der Waals surface area contributed by atoms with Gasteiger partial charge < -0.3 is 4.42 Å². The summed E-state index contributed by atoms with van der Waals surface area (Å²) in [5.74, 6) is -0.304. The first-order valence-electron chi connectivity index (χ1n) is 6.87. The molecule has 3 nitrogen and oxygen atoms in total. The molecule has 0 saturated carbocycles. The predicted molar refractivity (Wildman–Crippen MR) is 81.9 cm³/mol. The molecule has 0 N–H and O–H groups in total. The third kappa shape index (κ3) is 3.30. The molecule has 0 aliphatic rings. The molecule has 0 radical (unpaired) electrons. The highest BCUT2D eigenvalue weighted by Gasteiger charge is 2.11. The summed E-state index contributed by atoms with van der Waals surface area (Å²) >= 11 is 3.72. The molecule has 0 fully saturated rings. The summed E-state index contributed by atoms with van der Waals surface area (Å²) in [4.78, 5) is 11.8. The minimum absolute atomic E-state index is 0.304. The fraction of sp³-hybridized carbons (Fsp3) is 0.533. The first kappa shape index (κ1) is 14.4. The van der Waals surface area contributed by atoms with Crippen LogP contribution in [0, 0.1) is 0 Å². The third-order valence-electron chi connectivity index (χ3n) is 3.49. The smallest absolute Gasteiger partial charge is 0.408 e. The van der Waals surface area contributed by atoms with Crippen molar-refractivity contribution in [1.29, 1.82) is 0 Å². The van der Waals surface area contributed by atoms with Gasteiger partial charge in [-0.05, 0) is 24.1 Å². The Morgan fingerprint density at radius 2 is 2.11 bits per heavy atom. The number of oxazole rings is 1. The Hall–Kier alpha value is -1.03. The molecule has 0 aliphatic heterocycles. The summed E-state index contributed by atoms with van der Waals surface area (Å²) in [5.41, 5.74) is 2.70. The Labute approximate surface area is 121 Å². The van der Waals surface area contributed by atoms with Crippen LogP contribution in [0.4, 0.5) is 0 Å². The van der Waals surface area contributed by atoms with Crippen LogP contribution in [0.5, 0.6) is 0 Å². The molecule has 19 heavy (non-hydrogen) atoms. The van der Waals surface area contributed by atoms with Gasteiger partial charge in [-0.25, -0.2) is 4.79 Å². The number of hydrogen-bond donors (Lipinski definition) is 0. The quantitative estimate of drug-likeness (QED) is 0.577. The summed E-state index contributed by atoms with van der Waals surface area (Å²) in [6, 6.07) is 5.99. The molecule has 4 heteroatoms. The summed E-state index contributed by atoms with van der Waals surface area (Å²) in [5, 5.41) is 0. The van der Waals surface area contributed by atoms with Gasteiger partial charge in [-0.15, -0.1) is 0 Å². The number of nitrogens with zero attached hydrogens (tertiary/aromatic N) is 1. The van der Waals surface area contributed by atoms with E-state index in [0.717, 1.165) is 11.9 Å². The molecule has 2 aromatic rings. The Bertz CT molecular complexity index is 600. The summed E-state index contributed by atoms with van der Waals surface area (Å²) in [6.07, 6.45) is 6.17. The number of rotatable bonds is 6. The maximum absolute atomic E-state index is 11.4. The molecule has 1 unspecified atom stereocenters. The van der Waals surface area contributed by atoms with Crippen molar-refractivity contribution < 1.29 is 4.42 Å². The molecular formula is C15H20BrNO2. The standard InChI is InChI=1S/C15H20BrNO2/c1-3-4-5-6-7-12(16)11-8-9-13-14(10-11)19-15(18)17(13)2/h8-10,12H,3-7H2,1-2H3. The lowest BCUT2D eigenvalue weighted by molar-refractivity contribution is 0.527. The van der Waals surface area contributed by atoms with Crippen LogP contribution in [0.15, 0.2) is 27.4 Å². The second-order valence-corrected chi connectivity index (χ2v) is 6.08. The van der Waals surface area contributed by atoms with E-state index in [9.17, 15) is 4.79 Å². The highest BCUT2D eigenvalue weighted by Crippen LogP contribution is 2.30. The SMILES string of the molecule is CCCCCCC(Br)c1ccc2c(c1)oc(=O)n2C. The summed E-state index contributed by atoms with van der Waals surface area (Å²) in [7, 11) is 1.73. The molecule has 2 rings (SSSR count). The fourth-order valence-corrected chi connectivity index (χ4v) is 2.87. The van der Waals surface area contributed by atoms with Crippen LogP contribution in [0.1, 0.15) is 49.4 Å². The van der Waals surface area contributed by atoms with Crippen molar-refractivity contribution in [2.45, 2.75) is 43.9 Å². The first-order chi connectivity index (χ1) is 9.13. The molecule has 1 aromatic heterocycles. The van der Waals surface area contributed by atoms with Gasteiger partial charge in [-0.1, -0.05) is 54.6 Å². The monoisotopic (exact) mass is 325 g/mol.